The molecule has 0 aromatic heterocycles. The summed E-state index contributed by atoms with van der Waals surface area (Å²) < 4.78 is 29.9. The minimum absolute atomic E-state index is 0.101. The van der Waals surface area contributed by atoms with Crippen molar-refractivity contribution >= 4 is 11.8 Å². The van der Waals surface area contributed by atoms with Crippen molar-refractivity contribution < 1.29 is 63.9 Å². The lowest BCUT2D eigenvalue weighted by atomic mass is 9.80. The quantitative estimate of drug-likeness (QED) is 0.194. The Morgan fingerprint density at radius 2 is 1.45 bits per heavy atom. The van der Waals surface area contributed by atoms with Crippen molar-refractivity contribution in [1.29, 1.82) is 0 Å². The molecule has 17 atom stereocenters. The van der Waals surface area contributed by atoms with Gasteiger partial charge in [-0.15, -0.1) is 0 Å². The largest absolute Gasteiger partial charge is 0.462 e. The highest BCUT2D eigenvalue weighted by molar-refractivity contribution is 5.91. The Bertz CT molecular complexity index is 1180. The van der Waals surface area contributed by atoms with Crippen LogP contribution in [0.3, 0.4) is 0 Å². The average Bonchev–Trinajstić information content (AvgIpc) is 3.08. The van der Waals surface area contributed by atoms with Crippen LogP contribution in [0.1, 0.15) is 74.1 Å². The zero-order valence-corrected chi connectivity index (χ0v) is 31.6. The molecule has 2 saturated heterocycles. The van der Waals surface area contributed by atoms with Gasteiger partial charge in [0.2, 0.25) is 0 Å². The minimum atomic E-state index is -1.52. The van der Waals surface area contributed by atoms with Crippen LogP contribution in [-0.4, -0.2) is 148 Å². The number of esters is 1. The predicted molar refractivity (Wildman–Crippen MR) is 186 cm³/mol. The smallest absolute Gasteiger partial charge is 0.308 e. The highest BCUT2D eigenvalue weighted by Crippen LogP contribution is 2.34. The lowest BCUT2D eigenvalue weighted by Crippen LogP contribution is -2.63. The molecule has 0 bridgehead atoms. The third-order valence-corrected chi connectivity index (χ3v) is 10.7. The van der Waals surface area contributed by atoms with E-state index in [1.165, 1.54) is 6.08 Å². The summed E-state index contributed by atoms with van der Waals surface area (Å²) in [5.74, 6) is -2.74. The van der Waals surface area contributed by atoms with Gasteiger partial charge in [-0.05, 0) is 59.7 Å². The van der Waals surface area contributed by atoms with E-state index < -0.39 is 103 Å². The van der Waals surface area contributed by atoms with Gasteiger partial charge < -0.3 is 59.2 Å². The molecular formula is C37H63NO13. The monoisotopic (exact) mass is 729 g/mol. The number of rotatable bonds is 8. The molecule has 0 unspecified atom stereocenters. The topological polar surface area (TPSA) is 205 Å². The first-order chi connectivity index (χ1) is 23.9. The molecule has 3 heterocycles. The number of ketones is 1. The van der Waals surface area contributed by atoms with E-state index >= 15 is 0 Å². The van der Waals surface area contributed by atoms with Gasteiger partial charge in [0.1, 0.15) is 30.5 Å². The molecule has 3 rings (SSSR count). The van der Waals surface area contributed by atoms with E-state index in [4.69, 9.17) is 23.7 Å². The van der Waals surface area contributed by atoms with Gasteiger partial charge in [0.15, 0.2) is 18.4 Å². The highest BCUT2D eigenvalue weighted by Gasteiger charge is 2.47. The van der Waals surface area contributed by atoms with Gasteiger partial charge in [-0.1, -0.05) is 51.8 Å². The summed E-state index contributed by atoms with van der Waals surface area (Å²) in [7, 11) is 3.49. The first kappa shape index (κ1) is 43.6. The molecule has 14 nitrogen and oxygen atoms in total. The number of aliphatic hydroxyl groups is 6. The van der Waals surface area contributed by atoms with Crippen LogP contribution in [0.15, 0.2) is 23.8 Å². The summed E-state index contributed by atoms with van der Waals surface area (Å²) in [6.45, 7) is 12.3. The van der Waals surface area contributed by atoms with E-state index in [2.05, 4.69) is 0 Å². The van der Waals surface area contributed by atoms with Gasteiger partial charge in [0, 0.05) is 17.8 Å². The Kier molecular flexibility index (Phi) is 16.7. The predicted octanol–water partition coefficient (Wildman–Crippen LogP) is 1.08. The van der Waals surface area contributed by atoms with Crippen LogP contribution >= 0.6 is 0 Å². The fourth-order valence-electron chi connectivity index (χ4n) is 7.32. The number of hydrogen-bond acceptors (Lipinski definition) is 14. The Morgan fingerprint density at radius 1 is 0.824 bits per heavy atom. The first-order valence-electron chi connectivity index (χ1n) is 18.3. The van der Waals surface area contributed by atoms with E-state index in [0.29, 0.717) is 24.8 Å². The van der Waals surface area contributed by atoms with Crippen LogP contribution in [-0.2, 0) is 33.3 Å². The number of nitrogens with zero attached hydrogens (tertiary/aromatic N) is 1. The van der Waals surface area contributed by atoms with Gasteiger partial charge >= 0.3 is 5.97 Å². The Morgan fingerprint density at radius 3 is 2.06 bits per heavy atom. The lowest BCUT2D eigenvalue weighted by Gasteiger charge is -2.46. The van der Waals surface area contributed by atoms with E-state index in [1.807, 2.05) is 20.8 Å². The summed E-state index contributed by atoms with van der Waals surface area (Å²) in [6.07, 6.45) is -7.15. The molecule has 0 saturated carbocycles. The molecule has 294 valence electrons. The normalized spacial score (nSPS) is 45.6. The van der Waals surface area contributed by atoms with Gasteiger partial charge in [0.05, 0.1) is 49.6 Å². The SMILES string of the molecule is CC[C@H]1C[C@@H](C)C(=O)/C=C/C(C)=C/[C@H](CO[C@@H]2O[C@@H](C)[C@H](O)[C@H](O)[C@H]2O)[C@@H](CC)OC(=O)C[C@@H](O)[C@H](C)[C@H]1O[C@@H]1O[C@H](C)[C@@H](O)[C@H](N(C)C)[C@H]1O. The van der Waals surface area contributed by atoms with Gasteiger partial charge in [-0.2, -0.15) is 0 Å². The van der Waals surface area contributed by atoms with E-state index in [0.717, 1.165) is 0 Å². The van der Waals surface area contributed by atoms with Crippen molar-refractivity contribution in [3.8, 4) is 0 Å². The number of allylic oxidation sites excluding steroid dienone is 3. The fourth-order valence-corrected chi connectivity index (χ4v) is 7.32. The van der Waals surface area contributed by atoms with Crippen molar-refractivity contribution in [2.24, 2.45) is 23.7 Å². The fraction of sp³-hybridized carbons (Fsp3) is 0.838. The van der Waals surface area contributed by atoms with Gasteiger partial charge in [-0.3, -0.25) is 9.59 Å². The number of hydrogen-bond donors (Lipinski definition) is 6. The third kappa shape index (κ3) is 11.1. The number of aliphatic hydroxyl groups excluding tert-OH is 6. The zero-order chi connectivity index (χ0) is 38.3. The van der Waals surface area contributed by atoms with E-state index in [9.17, 15) is 40.2 Å². The Balaban J connectivity index is 1.92. The molecule has 2 fully saturated rings. The number of ether oxygens (including phenoxy) is 5. The molecule has 0 aliphatic carbocycles. The van der Waals surface area contributed by atoms with Crippen LogP contribution in [0.5, 0.6) is 0 Å². The van der Waals surface area contributed by atoms with Crippen LogP contribution in [0.2, 0.25) is 0 Å². The molecule has 14 heteroatoms. The molecule has 0 aromatic rings. The molecule has 6 N–H and O–H groups in total. The van der Waals surface area contributed by atoms with Crippen molar-refractivity contribution in [1.82, 2.24) is 4.90 Å². The van der Waals surface area contributed by atoms with Gasteiger partial charge in [-0.25, -0.2) is 0 Å². The molecule has 0 amide bonds. The summed E-state index contributed by atoms with van der Waals surface area (Å²) in [5, 5.41) is 64.3. The van der Waals surface area contributed by atoms with Crippen molar-refractivity contribution in [2.45, 2.75) is 154 Å². The van der Waals surface area contributed by atoms with Crippen LogP contribution in [0, 0.1) is 23.7 Å². The standard InChI is InChI=1S/C37H63NO13/c1-10-23-15-19(4)25(39)13-12-18(3)14-24(17-47-36-34(46)33(45)31(43)22(7)48-36)27(11-2)50-28(41)16-26(40)20(5)35(23)51-37-32(44)29(38(8)9)30(42)21(6)49-37/h12-14,19-24,26-27,29-37,40,42-46H,10-11,15-17H2,1-9H3/b13-12+,18-14+/t19-,20+,21-,22+,23+,24-,26-,27-,29+,30-,31+,32-,33+,34-,35-,36-,37+/m1/s1. The summed E-state index contributed by atoms with van der Waals surface area (Å²) in [4.78, 5) is 28.6. The summed E-state index contributed by atoms with van der Waals surface area (Å²) in [6, 6.07) is -0.682. The van der Waals surface area contributed by atoms with Crippen molar-refractivity contribution in [3.05, 3.63) is 23.8 Å². The van der Waals surface area contributed by atoms with Crippen LogP contribution in [0.25, 0.3) is 0 Å². The lowest BCUT2D eigenvalue weighted by molar-refractivity contribution is -0.304. The Labute approximate surface area is 302 Å². The van der Waals surface area contributed by atoms with Gasteiger partial charge in [0.25, 0.3) is 0 Å². The molecule has 3 aliphatic heterocycles. The maximum absolute atomic E-state index is 13.4. The molecule has 0 radical (unpaired) electrons. The molecule has 0 aromatic carbocycles. The third-order valence-electron chi connectivity index (χ3n) is 10.7. The number of carbonyl (C=O) groups is 2. The average molecular weight is 730 g/mol. The van der Waals surface area contributed by atoms with Crippen LogP contribution < -0.4 is 0 Å². The molecule has 3 aliphatic rings. The second-order valence-corrected chi connectivity index (χ2v) is 14.9. The summed E-state index contributed by atoms with van der Waals surface area (Å²) in [5.41, 5.74) is 0.691. The maximum Gasteiger partial charge on any atom is 0.308 e. The van der Waals surface area contributed by atoms with Crippen LogP contribution in [0.4, 0.5) is 0 Å². The second kappa shape index (κ2) is 19.5. The minimum Gasteiger partial charge on any atom is -0.462 e. The molecular weight excluding hydrogens is 666 g/mol. The van der Waals surface area contributed by atoms with E-state index in [1.54, 1.807) is 58.8 Å². The second-order valence-electron chi connectivity index (χ2n) is 14.9. The van der Waals surface area contributed by atoms with Crippen molar-refractivity contribution in [2.75, 3.05) is 20.7 Å². The summed E-state index contributed by atoms with van der Waals surface area (Å²) >= 11 is 0. The molecule has 0 spiro atoms. The number of carbonyl (C=O) groups excluding carboxylic acids is 2. The molecule has 51 heavy (non-hydrogen) atoms. The van der Waals surface area contributed by atoms with E-state index in [-0.39, 0.29) is 24.7 Å². The maximum atomic E-state index is 13.4. The first-order valence-corrected chi connectivity index (χ1v) is 18.3. The number of cyclic esters (lactones) is 1. The Hall–Kier alpha value is -1.82. The zero-order valence-electron chi connectivity index (χ0n) is 31.6. The number of likely N-dealkylation sites (N-methyl/N-ethyl adjacent to an activating group) is 1. The highest BCUT2D eigenvalue weighted by atomic mass is 16.7. The van der Waals surface area contributed by atoms with Crippen molar-refractivity contribution in [3.63, 3.8) is 0 Å².